The topological polar surface area (TPSA) is 61.2 Å². The average Bonchev–Trinajstić information content (AvgIpc) is 3.21. The van der Waals surface area contributed by atoms with E-state index in [4.69, 9.17) is 4.74 Å². The molecule has 0 aliphatic rings. The van der Waals surface area contributed by atoms with Crippen molar-refractivity contribution in [3.63, 3.8) is 0 Å². The van der Waals surface area contributed by atoms with E-state index in [2.05, 4.69) is 36.8 Å². The minimum atomic E-state index is -3.91. The summed E-state index contributed by atoms with van der Waals surface area (Å²) < 4.78 is 36.3. The van der Waals surface area contributed by atoms with E-state index in [1.807, 2.05) is 68.5 Å². The SMILES string of the molecule is Cc1ccc(S(=O)(=O)n2c3cccc(OCc4ccccc4)c3c3c(C)c(C=C(Br)Br)ncc32)cc1. The molecule has 2 heterocycles. The first-order valence-electron chi connectivity index (χ1n) is 11.2. The van der Waals surface area contributed by atoms with Crippen molar-refractivity contribution in [3.05, 3.63) is 105 Å². The van der Waals surface area contributed by atoms with E-state index in [1.165, 1.54) is 3.97 Å². The number of hydrogen-bond acceptors (Lipinski definition) is 4. The van der Waals surface area contributed by atoms with Gasteiger partial charge in [0.2, 0.25) is 0 Å². The van der Waals surface area contributed by atoms with Gasteiger partial charge in [0.05, 0.1) is 36.6 Å². The molecular formula is C28H22Br2N2O3S. The van der Waals surface area contributed by atoms with E-state index >= 15 is 0 Å². The van der Waals surface area contributed by atoms with Crippen molar-refractivity contribution in [1.29, 1.82) is 0 Å². The van der Waals surface area contributed by atoms with Gasteiger partial charge in [0, 0.05) is 5.39 Å². The second-order valence-electron chi connectivity index (χ2n) is 8.47. The van der Waals surface area contributed by atoms with E-state index in [9.17, 15) is 8.42 Å². The third-order valence-corrected chi connectivity index (χ3v) is 8.28. The van der Waals surface area contributed by atoms with Crippen LogP contribution in [0.4, 0.5) is 0 Å². The normalized spacial score (nSPS) is 11.7. The Labute approximate surface area is 226 Å². The summed E-state index contributed by atoms with van der Waals surface area (Å²) in [7, 11) is -3.91. The van der Waals surface area contributed by atoms with Crippen LogP contribution in [0.25, 0.3) is 27.9 Å². The molecule has 2 aromatic heterocycles. The van der Waals surface area contributed by atoms with Gasteiger partial charge >= 0.3 is 0 Å². The summed E-state index contributed by atoms with van der Waals surface area (Å²) in [6.45, 7) is 4.24. The number of ether oxygens (including phenoxy) is 1. The average molecular weight is 626 g/mol. The number of aromatic nitrogens is 2. The fourth-order valence-electron chi connectivity index (χ4n) is 4.33. The van der Waals surface area contributed by atoms with E-state index in [-0.39, 0.29) is 4.90 Å². The summed E-state index contributed by atoms with van der Waals surface area (Å²) in [6, 6.07) is 22.3. The number of rotatable bonds is 6. The zero-order valence-corrected chi connectivity index (χ0v) is 23.6. The summed E-state index contributed by atoms with van der Waals surface area (Å²) in [5, 5.41) is 1.52. The molecule has 0 radical (unpaired) electrons. The van der Waals surface area contributed by atoms with Crippen LogP contribution in [-0.4, -0.2) is 17.4 Å². The molecule has 0 unspecified atom stereocenters. The van der Waals surface area contributed by atoms with Gasteiger partial charge in [-0.25, -0.2) is 12.4 Å². The van der Waals surface area contributed by atoms with Crippen LogP contribution in [0.5, 0.6) is 5.75 Å². The first-order valence-corrected chi connectivity index (χ1v) is 14.2. The molecule has 0 amide bonds. The number of halogens is 2. The van der Waals surface area contributed by atoms with Crippen molar-refractivity contribution in [1.82, 2.24) is 8.96 Å². The summed E-state index contributed by atoms with van der Waals surface area (Å²) in [5.41, 5.74) is 4.62. The highest BCUT2D eigenvalue weighted by molar-refractivity contribution is 9.28. The van der Waals surface area contributed by atoms with E-state index < -0.39 is 10.0 Å². The number of benzene rings is 3. The summed E-state index contributed by atoms with van der Waals surface area (Å²) >= 11 is 6.82. The molecule has 0 N–H and O–H groups in total. The number of aryl methyl sites for hydroxylation is 2. The van der Waals surface area contributed by atoms with Crippen molar-refractivity contribution in [2.24, 2.45) is 0 Å². The Kier molecular flexibility index (Phi) is 6.76. The standard InChI is InChI=1S/C28H22Br2N2O3S/c1-18-11-13-21(14-12-18)36(33,34)32-23-9-6-10-25(35-17-20-7-4-3-5-8-20)28(23)27-19(2)22(15-26(29)30)31-16-24(27)32/h3-16H,17H2,1-2H3. The second-order valence-corrected chi connectivity index (χ2v) is 13.0. The van der Waals surface area contributed by atoms with E-state index in [1.54, 1.807) is 30.5 Å². The molecule has 0 aliphatic heterocycles. The Morgan fingerprint density at radius 1 is 0.917 bits per heavy atom. The van der Waals surface area contributed by atoms with Crippen molar-refractivity contribution in [2.75, 3.05) is 0 Å². The first-order chi connectivity index (χ1) is 17.3. The number of fused-ring (bicyclic) bond motifs is 3. The molecule has 36 heavy (non-hydrogen) atoms. The quantitative estimate of drug-likeness (QED) is 0.194. The van der Waals surface area contributed by atoms with E-state index in [0.29, 0.717) is 23.4 Å². The number of nitrogens with zero attached hydrogens (tertiary/aromatic N) is 2. The zero-order chi connectivity index (χ0) is 25.4. The Bertz CT molecular complexity index is 1720. The molecule has 182 valence electrons. The van der Waals surface area contributed by atoms with Gasteiger partial charge in [0.25, 0.3) is 10.0 Å². The Balaban J connectivity index is 1.81. The Morgan fingerprint density at radius 3 is 2.33 bits per heavy atom. The van der Waals surface area contributed by atoms with Crippen molar-refractivity contribution < 1.29 is 13.2 Å². The van der Waals surface area contributed by atoms with E-state index in [0.717, 1.165) is 36.5 Å². The fraction of sp³-hybridized carbons (Fsp3) is 0.107. The second kappa shape index (κ2) is 9.84. The lowest BCUT2D eigenvalue weighted by molar-refractivity contribution is 0.310. The molecule has 0 aliphatic carbocycles. The molecular weight excluding hydrogens is 604 g/mol. The lowest BCUT2D eigenvalue weighted by atomic mass is 10.1. The lowest BCUT2D eigenvalue weighted by Gasteiger charge is -2.11. The van der Waals surface area contributed by atoms with Gasteiger partial charge in [-0.15, -0.1) is 0 Å². The molecule has 0 atom stereocenters. The third-order valence-electron chi connectivity index (χ3n) is 6.08. The summed E-state index contributed by atoms with van der Waals surface area (Å²) in [6.07, 6.45) is 3.46. The highest BCUT2D eigenvalue weighted by Gasteiger charge is 2.26. The molecule has 3 aromatic carbocycles. The molecule has 5 rings (SSSR count). The molecule has 0 fully saturated rings. The maximum absolute atomic E-state index is 14.0. The van der Waals surface area contributed by atoms with Gasteiger partial charge in [-0.3, -0.25) is 4.98 Å². The number of hydrogen-bond donors (Lipinski definition) is 0. The Morgan fingerprint density at radius 2 is 1.64 bits per heavy atom. The predicted molar refractivity (Wildman–Crippen MR) is 152 cm³/mol. The molecule has 5 aromatic rings. The first kappa shape index (κ1) is 24.7. The molecule has 0 saturated carbocycles. The zero-order valence-electron chi connectivity index (χ0n) is 19.6. The minimum absolute atomic E-state index is 0.215. The van der Waals surface area contributed by atoms with Crippen molar-refractivity contribution >= 4 is 69.8 Å². The van der Waals surface area contributed by atoms with Crippen LogP contribution in [0.3, 0.4) is 0 Å². The fourth-order valence-corrected chi connectivity index (χ4v) is 6.26. The molecule has 0 spiro atoms. The monoisotopic (exact) mass is 624 g/mol. The molecule has 5 nitrogen and oxygen atoms in total. The van der Waals surface area contributed by atoms with Crippen LogP contribution < -0.4 is 4.74 Å². The lowest BCUT2D eigenvalue weighted by Crippen LogP contribution is -2.13. The van der Waals surface area contributed by atoms with Crippen molar-refractivity contribution in [2.45, 2.75) is 25.3 Å². The highest BCUT2D eigenvalue weighted by atomic mass is 79.9. The van der Waals surface area contributed by atoms with Gasteiger partial charge in [-0.2, -0.15) is 0 Å². The maximum Gasteiger partial charge on any atom is 0.268 e. The van der Waals surface area contributed by atoms with Crippen molar-refractivity contribution in [3.8, 4) is 5.75 Å². The van der Waals surface area contributed by atoms with Crippen LogP contribution in [0.1, 0.15) is 22.4 Å². The van der Waals surface area contributed by atoms with Crippen LogP contribution in [0, 0.1) is 13.8 Å². The summed E-state index contributed by atoms with van der Waals surface area (Å²) in [5.74, 6) is 0.612. The van der Waals surface area contributed by atoms with Crippen LogP contribution >= 0.6 is 31.9 Å². The van der Waals surface area contributed by atoms with Gasteiger partial charge in [0.1, 0.15) is 12.4 Å². The van der Waals surface area contributed by atoms with Crippen LogP contribution in [0.15, 0.2) is 87.3 Å². The van der Waals surface area contributed by atoms with Gasteiger partial charge in [0.15, 0.2) is 0 Å². The smallest absolute Gasteiger partial charge is 0.268 e. The van der Waals surface area contributed by atoms with Gasteiger partial charge in [-0.05, 0) is 87.2 Å². The number of pyridine rings is 1. The molecule has 0 saturated heterocycles. The Hall–Kier alpha value is -2.94. The molecule has 0 bridgehead atoms. The van der Waals surface area contributed by atoms with Crippen LogP contribution in [0.2, 0.25) is 0 Å². The van der Waals surface area contributed by atoms with Crippen LogP contribution in [-0.2, 0) is 16.6 Å². The maximum atomic E-state index is 14.0. The predicted octanol–water partition coefficient (Wildman–Crippen LogP) is 7.71. The van der Waals surface area contributed by atoms with Gasteiger partial charge in [-0.1, -0.05) is 54.1 Å². The largest absolute Gasteiger partial charge is 0.488 e. The third kappa shape index (κ3) is 4.49. The minimum Gasteiger partial charge on any atom is -0.488 e. The van der Waals surface area contributed by atoms with Gasteiger partial charge < -0.3 is 4.74 Å². The summed E-state index contributed by atoms with van der Waals surface area (Å²) in [4.78, 5) is 4.80. The molecule has 8 heteroatoms. The highest BCUT2D eigenvalue weighted by Crippen LogP contribution is 2.40.